The van der Waals surface area contributed by atoms with Crippen LogP contribution in [0, 0.1) is 5.82 Å². The largest absolute Gasteiger partial charge is 0.339 e. The van der Waals surface area contributed by atoms with E-state index in [0.29, 0.717) is 10.9 Å². The molecule has 0 aliphatic rings. The summed E-state index contributed by atoms with van der Waals surface area (Å²) in [4.78, 5) is 4.23. The van der Waals surface area contributed by atoms with Gasteiger partial charge in [-0.2, -0.15) is 0 Å². The number of nitrogens with two attached hydrogens (primary N) is 1. The number of hydrogen-bond acceptors (Lipinski definition) is 2. The van der Waals surface area contributed by atoms with Gasteiger partial charge in [-0.05, 0) is 18.2 Å². The maximum atomic E-state index is 13.8. The van der Waals surface area contributed by atoms with E-state index in [1.807, 2.05) is 30.3 Å². The summed E-state index contributed by atoms with van der Waals surface area (Å²) < 4.78 is 15.1. The summed E-state index contributed by atoms with van der Waals surface area (Å²) in [5.74, 6) is 5.35. The Morgan fingerprint density at radius 2 is 2.00 bits per heavy atom. The summed E-state index contributed by atoms with van der Waals surface area (Å²) in [5, 5.41) is 0.508. The average molecular weight is 227 g/mol. The van der Waals surface area contributed by atoms with Gasteiger partial charge in [0, 0.05) is 17.1 Å². The van der Waals surface area contributed by atoms with Crippen molar-refractivity contribution in [3.05, 3.63) is 54.6 Å². The van der Waals surface area contributed by atoms with Gasteiger partial charge in [-0.15, -0.1) is 0 Å². The first-order valence-corrected chi connectivity index (χ1v) is 5.23. The molecule has 0 unspecified atom stereocenters. The molecule has 2 N–H and O–H groups in total. The van der Waals surface area contributed by atoms with Crippen molar-refractivity contribution in [3.8, 4) is 11.3 Å². The number of aromatic nitrogens is 2. The molecule has 0 atom stereocenters. The smallest absolute Gasteiger partial charge is 0.151 e. The fourth-order valence-corrected chi connectivity index (χ4v) is 2.00. The molecule has 2 aromatic heterocycles. The van der Waals surface area contributed by atoms with Gasteiger partial charge < -0.3 is 5.84 Å². The first-order chi connectivity index (χ1) is 8.27. The highest BCUT2D eigenvalue weighted by Crippen LogP contribution is 2.29. The van der Waals surface area contributed by atoms with Crippen LogP contribution in [-0.4, -0.2) is 9.66 Å². The van der Waals surface area contributed by atoms with E-state index in [-0.39, 0.29) is 5.82 Å². The quantitative estimate of drug-likeness (QED) is 0.649. The highest BCUT2D eigenvalue weighted by Gasteiger charge is 2.12. The second kappa shape index (κ2) is 3.59. The van der Waals surface area contributed by atoms with Crippen LogP contribution in [0.3, 0.4) is 0 Å². The van der Waals surface area contributed by atoms with Gasteiger partial charge in [0.05, 0.1) is 17.4 Å². The zero-order valence-corrected chi connectivity index (χ0v) is 8.97. The predicted octanol–water partition coefficient (Wildman–Crippen LogP) is 2.56. The fourth-order valence-electron chi connectivity index (χ4n) is 2.00. The Morgan fingerprint density at radius 1 is 1.12 bits per heavy atom. The van der Waals surface area contributed by atoms with Crippen molar-refractivity contribution in [1.29, 1.82) is 0 Å². The molecule has 0 amide bonds. The van der Waals surface area contributed by atoms with E-state index in [1.54, 1.807) is 12.3 Å². The molecule has 0 bridgehead atoms. The lowest BCUT2D eigenvalue weighted by molar-refractivity contribution is 0.635. The molecular weight excluding hydrogens is 217 g/mol. The number of nitrogen functional groups attached to an aromatic ring is 1. The molecule has 0 spiro atoms. The van der Waals surface area contributed by atoms with E-state index < -0.39 is 0 Å². The molecule has 3 rings (SSSR count). The molecule has 0 fully saturated rings. The van der Waals surface area contributed by atoms with Crippen LogP contribution in [0.4, 0.5) is 4.39 Å². The molecule has 3 aromatic rings. The Morgan fingerprint density at radius 3 is 2.76 bits per heavy atom. The first kappa shape index (κ1) is 9.84. The minimum absolute atomic E-state index is 0.330. The van der Waals surface area contributed by atoms with Gasteiger partial charge in [-0.1, -0.05) is 18.2 Å². The molecule has 84 valence electrons. The van der Waals surface area contributed by atoms with E-state index >= 15 is 0 Å². The number of benzene rings is 1. The third-order valence-electron chi connectivity index (χ3n) is 2.75. The number of halogens is 1. The van der Waals surface area contributed by atoms with E-state index in [2.05, 4.69) is 4.98 Å². The lowest BCUT2D eigenvalue weighted by atomic mass is 10.1. The van der Waals surface area contributed by atoms with Gasteiger partial charge in [0.25, 0.3) is 0 Å². The lowest BCUT2D eigenvalue weighted by Gasteiger charge is -2.03. The summed E-state index contributed by atoms with van der Waals surface area (Å²) in [6.45, 7) is 0. The van der Waals surface area contributed by atoms with Crippen LogP contribution in [0.5, 0.6) is 0 Å². The highest BCUT2D eigenvalue weighted by molar-refractivity contribution is 5.95. The van der Waals surface area contributed by atoms with Crippen LogP contribution in [-0.2, 0) is 0 Å². The van der Waals surface area contributed by atoms with Gasteiger partial charge in [0.1, 0.15) is 0 Å². The molecule has 0 radical (unpaired) electrons. The zero-order chi connectivity index (χ0) is 11.8. The van der Waals surface area contributed by atoms with Crippen molar-refractivity contribution in [1.82, 2.24) is 9.66 Å². The number of pyridine rings is 1. The van der Waals surface area contributed by atoms with Crippen LogP contribution in [0.25, 0.3) is 22.2 Å². The highest BCUT2D eigenvalue weighted by atomic mass is 19.1. The minimum atomic E-state index is -0.330. The molecule has 4 heteroatoms. The maximum Gasteiger partial charge on any atom is 0.151 e. The lowest BCUT2D eigenvalue weighted by Crippen LogP contribution is -2.04. The summed E-state index contributed by atoms with van der Waals surface area (Å²) >= 11 is 0. The van der Waals surface area contributed by atoms with Crippen molar-refractivity contribution in [2.45, 2.75) is 0 Å². The van der Waals surface area contributed by atoms with E-state index in [1.165, 1.54) is 10.9 Å². The number of fused-ring (bicyclic) bond motifs is 1. The SMILES string of the molecule is Nn1cc(F)c2c(-c3ccccn3)cccc21. The van der Waals surface area contributed by atoms with Gasteiger partial charge in [-0.3, -0.25) is 9.66 Å². The Kier molecular flexibility index (Phi) is 2.08. The van der Waals surface area contributed by atoms with E-state index in [4.69, 9.17) is 5.84 Å². The number of nitrogens with zero attached hydrogens (tertiary/aromatic N) is 2. The standard InChI is InChI=1S/C13H10FN3/c14-10-8-17(15)12-6-3-4-9(13(10)12)11-5-1-2-7-16-11/h1-8H,15H2. The summed E-state index contributed by atoms with van der Waals surface area (Å²) in [6, 6.07) is 11.0. The average Bonchev–Trinajstić information content (AvgIpc) is 2.66. The van der Waals surface area contributed by atoms with Gasteiger partial charge in [0.2, 0.25) is 0 Å². The van der Waals surface area contributed by atoms with Gasteiger partial charge in [0.15, 0.2) is 5.82 Å². The number of hydrogen-bond donors (Lipinski definition) is 1. The van der Waals surface area contributed by atoms with Crippen molar-refractivity contribution < 1.29 is 4.39 Å². The van der Waals surface area contributed by atoms with Crippen molar-refractivity contribution in [2.24, 2.45) is 0 Å². The van der Waals surface area contributed by atoms with Crippen LogP contribution in [0.15, 0.2) is 48.8 Å². The molecule has 1 aromatic carbocycles. The number of rotatable bonds is 1. The topological polar surface area (TPSA) is 43.8 Å². The summed E-state index contributed by atoms with van der Waals surface area (Å²) in [7, 11) is 0. The third kappa shape index (κ3) is 1.45. The Bertz CT molecular complexity index is 674. The van der Waals surface area contributed by atoms with E-state index in [0.717, 1.165) is 11.3 Å². The first-order valence-electron chi connectivity index (χ1n) is 5.23. The normalized spacial score (nSPS) is 10.9. The van der Waals surface area contributed by atoms with Crippen LogP contribution in [0.2, 0.25) is 0 Å². The Labute approximate surface area is 97.3 Å². The van der Waals surface area contributed by atoms with Crippen LogP contribution >= 0.6 is 0 Å². The third-order valence-corrected chi connectivity index (χ3v) is 2.75. The molecule has 17 heavy (non-hydrogen) atoms. The zero-order valence-electron chi connectivity index (χ0n) is 8.97. The Balaban J connectivity index is 2.38. The molecule has 2 heterocycles. The van der Waals surface area contributed by atoms with Crippen LogP contribution in [0.1, 0.15) is 0 Å². The second-order valence-electron chi connectivity index (χ2n) is 3.80. The van der Waals surface area contributed by atoms with Crippen LogP contribution < -0.4 is 5.84 Å². The molecule has 0 aliphatic heterocycles. The minimum Gasteiger partial charge on any atom is -0.339 e. The second-order valence-corrected chi connectivity index (χ2v) is 3.80. The molecule has 3 nitrogen and oxygen atoms in total. The monoisotopic (exact) mass is 227 g/mol. The maximum absolute atomic E-state index is 13.8. The van der Waals surface area contributed by atoms with E-state index in [9.17, 15) is 4.39 Å². The summed E-state index contributed by atoms with van der Waals surface area (Å²) in [6.07, 6.45) is 2.96. The Hall–Kier alpha value is -2.36. The predicted molar refractivity (Wildman–Crippen MR) is 65.3 cm³/mol. The van der Waals surface area contributed by atoms with Gasteiger partial charge >= 0.3 is 0 Å². The molecule has 0 aliphatic carbocycles. The fraction of sp³-hybridized carbons (Fsp3) is 0. The molecular formula is C13H10FN3. The summed E-state index contributed by atoms with van der Waals surface area (Å²) in [5.41, 5.74) is 2.15. The van der Waals surface area contributed by atoms with Crippen molar-refractivity contribution in [3.63, 3.8) is 0 Å². The van der Waals surface area contributed by atoms with Crippen molar-refractivity contribution >= 4 is 10.9 Å². The van der Waals surface area contributed by atoms with Crippen molar-refractivity contribution in [2.75, 3.05) is 5.84 Å². The van der Waals surface area contributed by atoms with Gasteiger partial charge in [-0.25, -0.2) is 4.39 Å². The molecule has 0 saturated heterocycles. The molecule has 0 saturated carbocycles.